The normalized spacial score (nSPS) is 18.3. The first-order valence-corrected chi connectivity index (χ1v) is 8.72. The van der Waals surface area contributed by atoms with Crippen LogP contribution >= 0.6 is 0 Å². The van der Waals surface area contributed by atoms with E-state index in [9.17, 15) is 4.79 Å². The maximum absolute atomic E-state index is 12.2. The van der Waals surface area contributed by atoms with Gasteiger partial charge in [0.25, 0.3) is 5.91 Å². The fourth-order valence-corrected chi connectivity index (χ4v) is 3.56. The minimum atomic E-state index is -0.166. The highest BCUT2D eigenvalue weighted by molar-refractivity contribution is 6.03. The van der Waals surface area contributed by atoms with Crippen molar-refractivity contribution in [1.82, 2.24) is 14.9 Å². The van der Waals surface area contributed by atoms with E-state index < -0.39 is 0 Å². The molecule has 1 aromatic heterocycles. The van der Waals surface area contributed by atoms with Crippen LogP contribution < -0.4 is 5.32 Å². The summed E-state index contributed by atoms with van der Waals surface area (Å²) in [5, 5.41) is 2.95. The van der Waals surface area contributed by atoms with Gasteiger partial charge in [0.05, 0.1) is 5.56 Å². The Hall–Kier alpha value is -2.27. The van der Waals surface area contributed by atoms with Gasteiger partial charge in [-0.1, -0.05) is 12.5 Å². The number of hydrogen-bond acceptors (Lipinski definition) is 4. The van der Waals surface area contributed by atoms with Crippen LogP contribution in [0.3, 0.4) is 0 Å². The molecule has 1 aromatic carbocycles. The summed E-state index contributed by atoms with van der Waals surface area (Å²) in [5.74, 6) is -0.166. The molecule has 1 aliphatic heterocycles. The van der Waals surface area contributed by atoms with Crippen LogP contribution in [0.25, 0.3) is 0 Å². The molecule has 2 aromatic rings. The van der Waals surface area contributed by atoms with Crippen molar-refractivity contribution in [2.45, 2.75) is 38.1 Å². The summed E-state index contributed by atoms with van der Waals surface area (Å²) in [6, 6.07) is 7.09. The van der Waals surface area contributed by atoms with E-state index in [4.69, 9.17) is 0 Å². The number of benzene rings is 1. The van der Waals surface area contributed by atoms with Gasteiger partial charge in [0.2, 0.25) is 0 Å². The van der Waals surface area contributed by atoms with Gasteiger partial charge in [-0.05, 0) is 48.9 Å². The summed E-state index contributed by atoms with van der Waals surface area (Å²) >= 11 is 0. The molecule has 0 unspecified atom stereocenters. The first-order valence-electron chi connectivity index (χ1n) is 8.72. The van der Waals surface area contributed by atoms with Gasteiger partial charge in [-0.25, -0.2) is 9.97 Å². The number of fused-ring (bicyclic) bond motifs is 1. The Morgan fingerprint density at radius 3 is 2.54 bits per heavy atom. The Labute approximate surface area is 142 Å². The summed E-state index contributed by atoms with van der Waals surface area (Å²) in [6.07, 6.45) is 10.7. The number of hydrogen-bond donors (Lipinski definition) is 1. The van der Waals surface area contributed by atoms with E-state index in [-0.39, 0.29) is 5.91 Å². The number of anilines is 1. The molecule has 0 atom stereocenters. The van der Waals surface area contributed by atoms with E-state index >= 15 is 0 Å². The van der Waals surface area contributed by atoms with Gasteiger partial charge in [0.1, 0.15) is 6.33 Å². The molecule has 1 aliphatic carbocycles. The zero-order chi connectivity index (χ0) is 16.4. The van der Waals surface area contributed by atoms with Crippen molar-refractivity contribution in [3.05, 3.63) is 53.6 Å². The van der Waals surface area contributed by atoms with Crippen molar-refractivity contribution in [3.63, 3.8) is 0 Å². The van der Waals surface area contributed by atoms with Gasteiger partial charge in [0.15, 0.2) is 0 Å². The lowest BCUT2D eigenvalue weighted by Gasteiger charge is -2.36. The molecule has 5 heteroatoms. The van der Waals surface area contributed by atoms with E-state index in [1.807, 2.05) is 6.07 Å². The molecular weight excluding hydrogens is 300 g/mol. The number of carbonyl (C=O) groups is 1. The molecule has 5 nitrogen and oxygen atoms in total. The highest BCUT2D eigenvalue weighted by Crippen LogP contribution is 2.28. The Morgan fingerprint density at radius 2 is 1.83 bits per heavy atom. The fraction of sp³-hybridized carbons (Fsp3) is 0.421. The lowest BCUT2D eigenvalue weighted by Crippen LogP contribution is -2.41. The molecule has 0 spiro atoms. The van der Waals surface area contributed by atoms with Crippen LogP contribution in [0.2, 0.25) is 0 Å². The molecular formula is C19H22N4O. The molecule has 2 aliphatic rings. The van der Waals surface area contributed by atoms with E-state index in [2.05, 4.69) is 32.3 Å². The van der Waals surface area contributed by atoms with Crippen LogP contribution in [0.5, 0.6) is 0 Å². The summed E-state index contributed by atoms with van der Waals surface area (Å²) < 4.78 is 0. The van der Waals surface area contributed by atoms with Crippen LogP contribution in [0, 0.1) is 0 Å². The fourth-order valence-electron chi connectivity index (χ4n) is 3.56. The number of carbonyl (C=O) groups excluding carboxylic acids is 1. The van der Waals surface area contributed by atoms with Gasteiger partial charge in [-0.2, -0.15) is 0 Å². The first-order chi connectivity index (χ1) is 11.8. The van der Waals surface area contributed by atoms with Gasteiger partial charge in [-0.3, -0.25) is 9.69 Å². The van der Waals surface area contributed by atoms with Crippen molar-refractivity contribution in [2.75, 3.05) is 18.4 Å². The predicted octanol–water partition coefficient (Wildman–Crippen LogP) is 2.68. The molecule has 0 saturated heterocycles. The van der Waals surface area contributed by atoms with Crippen molar-refractivity contribution in [3.8, 4) is 0 Å². The largest absolute Gasteiger partial charge is 0.322 e. The Morgan fingerprint density at radius 1 is 1.08 bits per heavy atom. The third kappa shape index (κ3) is 3.17. The Bertz CT molecular complexity index is 727. The SMILES string of the molecule is O=C(Nc1ccc2c(c1)CCN(C1CCC1)CC2)c1cncnc1. The summed E-state index contributed by atoms with van der Waals surface area (Å²) in [5.41, 5.74) is 4.10. The minimum absolute atomic E-state index is 0.166. The van der Waals surface area contributed by atoms with Gasteiger partial charge in [-0.15, -0.1) is 0 Å². The average molecular weight is 322 g/mol. The molecule has 2 heterocycles. The number of aromatic nitrogens is 2. The van der Waals surface area contributed by atoms with Crippen molar-refractivity contribution >= 4 is 11.6 Å². The molecule has 0 bridgehead atoms. The lowest BCUT2D eigenvalue weighted by atomic mass is 9.91. The molecule has 0 radical (unpaired) electrons. The van der Waals surface area contributed by atoms with Gasteiger partial charge < -0.3 is 5.32 Å². The number of nitrogens with one attached hydrogen (secondary N) is 1. The second kappa shape index (κ2) is 6.69. The number of amides is 1. The quantitative estimate of drug-likeness (QED) is 0.944. The molecule has 24 heavy (non-hydrogen) atoms. The molecule has 1 N–H and O–H groups in total. The number of rotatable bonds is 3. The first kappa shape index (κ1) is 15.3. The Balaban J connectivity index is 1.46. The average Bonchev–Trinajstić information content (AvgIpc) is 2.77. The van der Waals surface area contributed by atoms with Crippen molar-refractivity contribution < 1.29 is 4.79 Å². The van der Waals surface area contributed by atoms with Crippen molar-refractivity contribution in [1.29, 1.82) is 0 Å². The zero-order valence-corrected chi connectivity index (χ0v) is 13.7. The highest BCUT2D eigenvalue weighted by Gasteiger charge is 2.26. The van der Waals surface area contributed by atoms with Crippen LogP contribution in [0.15, 0.2) is 36.9 Å². The van der Waals surface area contributed by atoms with Crippen LogP contribution in [-0.2, 0) is 12.8 Å². The van der Waals surface area contributed by atoms with E-state index in [1.54, 1.807) is 0 Å². The maximum Gasteiger partial charge on any atom is 0.258 e. The van der Waals surface area contributed by atoms with Crippen molar-refractivity contribution in [2.24, 2.45) is 0 Å². The summed E-state index contributed by atoms with van der Waals surface area (Å²) in [6.45, 7) is 2.28. The van der Waals surface area contributed by atoms with Crippen LogP contribution in [-0.4, -0.2) is 39.9 Å². The molecule has 1 amide bonds. The molecule has 1 saturated carbocycles. The predicted molar refractivity (Wildman–Crippen MR) is 93.0 cm³/mol. The zero-order valence-electron chi connectivity index (χ0n) is 13.7. The lowest BCUT2D eigenvalue weighted by molar-refractivity contribution is 0.102. The summed E-state index contributed by atoms with van der Waals surface area (Å²) in [7, 11) is 0. The second-order valence-corrected chi connectivity index (χ2v) is 6.69. The Kier molecular flexibility index (Phi) is 4.26. The highest BCUT2D eigenvalue weighted by atomic mass is 16.1. The smallest absolute Gasteiger partial charge is 0.258 e. The van der Waals surface area contributed by atoms with Gasteiger partial charge >= 0.3 is 0 Å². The van der Waals surface area contributed by atoms with E-state index in [0.717, 1.165) is 37.7 Å². The standard InChI is InChI=1S/C19H22N4O/c24-19(16-11-20-13-21-12-16)22-17-5-4-14-6-8-23(18-2-1-3-18)9-7-15(14)10-17/h4-5,10-13,18H,1-3,6-9H2,(H,22,24). The number of nitrogens with zero attached hydrogens (tertiary/aromatic N) is 3. The maximum atomic E-state index is 12.2. The third-order valence-electron chi connectivity index (χ3n) is 5.21. The van der Waals surface area contributed by atoms with Crippen LogP contribution in [0.4, 0.5) is 5.69 Å². The molecule has 4 rings (SSSR count). The third-order valence-corrected chi connectivity index (χ3v) is 5.21. The molecule has 1 fully saturated rings. The van der Waals surface area contributed by atoms with E-state index in [1.165, 1.54) is 49.1 Å². The van der Waals surface area contributed by atoms with E-state index in [0.29, 0.717) is 5.56 Å². The monoisotopic (exact) mass is 322 g/mol. The molecule has 124 valence electrons. The minimum Gasteiger partial charge on any atom is -0.322 e. The van der Waals surface area contributed by atoms with Gasteiger partial charge in [0, 0.05) is 37.2 Å². The second-order valence-electron chi connectivity index (χ2n) is 6.69. The van der Waals surface area contributed by atoms with Crippen LogP contribution in [0.1, 0.15) is 40.7 Å². The topological polar surface area (TPSA) is 58.1 Å². The summed E-state index contributed by atoms with van der Waals surface area (Å²) in [4.78, 5) is 22.7.